The lowest BCUT2D eigenvalue weighted by molar-refractivity contribution is 0.0138. The van der Waals surface area contributed by atoms with Gasteiger partial charge in [-0.3, -0.25) is 4.98 Å². The summed E-state index contributed by atoms with van der Waals surface area (Å²) in [6, 6.07) is 3.33. The van der Waals surface area contributed by atoms with Crippen LogP contribution < -0.4 is 0 Å². The molecule has 1 fully saturated rings. The first kappa shape index (κ1) is 14.0. The van der Waals surface area contributed by atoms with Crippen LogP contribution in [0.25, 0.3) is 0 Å². The van der Waals surface area contributed by atoms with Crippen LogP contribution in [-0.2, 0) is 4.74 Å². The predicted molar refractivity (Wildman–Crippen MR) is 70.8 cm³/mol. The molecule has 1 saturated heterocycles. The zero-order valence-corrected chi connectivity index (χ0v) is 11.0. The molecule has 0 radical (unpaired) electrons. The molecule has 2 rings (SSSR count). The number of hydrogen-bond donors (Lipinski definition) is 1. The van der Waals surface area contributed by atoms with E-state index in [4.69, 9.17) is 4.74 Å². The number of carbonyl (C=O) groups excluding carboxylic acids is 1. The fourth-order valence-corrected chi connectivity index (χ4v) is 2.23. The lowest BCUT2D eigenvalue weighted by Crippen LogP contribution is -2.38. The number of likely N-dealkylation sites (tertiary alicyclic amines) is 1. The average molecular weight is 264 g/mol. The third kappa shape index (κ3) is 4.61. The SMILES string of the molecule is O=C(OCC(O)CN1CCCCC1)c1cccnc1. The molecule has 0 bridgehead atoms. The Labute approximate surface area is 113 Å². The number of aliphatic hydroxyl groups excluding tert-OH is 1. The van der Waals surface area contributed by atoms with Crippen LogP contribution in [0.4, 0.5) is 0 Å². The quantitative estimate of drug-likeness (QED) is 0.806. The van der Waals surface area contributed by atoms with Gasteiger partial charge in [0.2, 0.25) is 0 Å². The summed E-state index contributed by atoms with van der Waals surface area (Å²) in [6.07, 6.45) is 6.06. The van der Waals surface area contributed by atoms with E-state index in [0.29, 0.717) is 12.1 Å². The number of esters is 1. The van der Waals surface area contributed by atoms with Crippen molar-refractivity contribution in [1.29, 1.82) is 0 Å². The Balaban J connectivity index is 1.71. The highest BCUT2D eigenvalue weighted by molar-refractivity contribution is 5.88. The number of pyridine rings is 1. The summed E-state index contributed by atoms with van der Waals surface area (Å²) in [5.74, 6) is -0.439. The molecule has 0 aromatic carbocycles. The molecule has 1 aliphatic heterocycles. The molecule has 1 aromatic rings. The molecule has 1 aromatic heterocycles. The molecule has 1 N–H and O–H groups in total. The van der Waals surface area contributed by atoms with Crippen molar-refractivity contribution in [3.8, 4) is 0 Å². The van der Waals surface area contributed by atoms with E-state index >= 15 is 0 Å². The summed E-state index contributed by atoms with van der Waals surface area (Å²) < 4.78 is 5.08. The van der Waals surface area contributed by atoms with Crippen molar-refractivity contribution in [3.05, 3.63) is 30.1 Å². The normalized spacial score (nSPS) is 17.9. The smallest absolute Gasteiger partial charge is 0.339 e. The van der Waals surface area contributed by atoms with Gasteiger partial charge in [-0.2, -0.15) is 0 Å². The van der Waals surface area contributed by atoms with Crippen LogP contribution in [-0.4, -0.2) is 53.3 Å². The van der Waals surface area contributed by atoms with Gasteiger partial charge in [-0.15, -0.1) is 0 Å². The minimum atomic E-state index is -0.626. The largest absolute Gasteiger partial charge is 0.459 e. The molecule has 0 amide bonds. The number of hydrogen-bond acceptors (Lipinski definition) is 5. The minimum Gasteiger partial charge on any atom is -0.459 e. The third-order valence-corrected chi connectivity index (χ3v) is 3.22. The Morgan fingerprint density at radius 1 is 1.42 bits per heavy atom. The van der Waals surface area contributed by atoms with Gasteiger partial charge in [-0.1, -0.05) is 6.42 Å². The van der Waals surface area contributed by atoms with E-state index in [2.05, 4.69) is 9.88 Å². The van der Waals surface area contributed by atoms with Gasteiger partial charge in [0, 0.05) is 18.9 Å². The summed E-state index contributed by atoms with van der Waals surface area (Å²) >= 11 is 0. The molecule has 0 aliphatic carbocycles. The molecule has 2 heterocycles. The van der Waals surface area contributed by atoms with Crippen molar-refractivity contribution >= 4 is 5.97 Å². The van der Waals surface area contributed by atoms with Crippen LogP contribution >= 0.6 is 0 Å². The van der Waals surface area contributed by atoms with Gasteiger partial charge in [-0.25, -0.2) is 4.79 Å². The average Bonchev–Trinajstić information content (AvgIpc) is 2.47. The Kier molecular flexibility index (Phi) is 5.30. The van der Waals surface area contributed by atoms with Gasteiger partial charge >= 0.3 is 5.97 Å². The summed E-state index contributed by atoms with van der Waals surface area (Å²) in [6.45, 7) is 2.64. The molecule has 1 unspecified atom stereocenters. The summed E-state index contributed by atoms with van der Waals surface area (Å²) in [7, 11) is 0. The number of aliphatic hydroxyl groups is 1. The second-order valence-corrected chi connectivity index (χ2v) is 4.86. The monoisotopic (exact) mass is 264 g/mol. The van der Waals surface area contributed by atoms with Crippen molar-refractivity contribution < 1.29 is 14.6 Å². The Morgan fingerprint density at radius 2 is 2.21 bits per heavy atom. The minimum absolute atomic E-state index is 0.0320. The lowest BCUT2D eigenvalue weighted by Gasteiger charge is -2.28. The van der Waals surface area contributed by atoms with E-state index in [1.807, 2.05) is 0 Å². The lowest BCUT2D eigenvalue weighted by atomic mass is 10.1. The predicted octanol–water partition coefficient (Wildman–Crippen LogP) is 1.09. The highest BCUT2D eigenvalue weighted by Crippen LogP contribution is 2.09. The van der Waals surface area contributed by atoms with Crippen molar-refractivity contribution in [2.45, 2.75) is 25.4 Å². The first-order valence-corrected chi connectivity index (χ1v) is 6.73. The molecule has 19 heavy (non-hydrogen) atoms. The van der Waals surface area contributed by atoms with E-state index in [1.54, 1.807) is 18.3 Å². The number of piperidine rings is 1. The summed E-state index contributed by atoms with van der Waals surface area (Å²) in [5.41, 5.74) is 0.410. The molecule has 0 saturated carbocycles. The zero-order valence-electron chi connectivity index (χ0n) is 11.0. The Morgan fingerprint density at radius 3 is 2.89 bits per heavy atom. The first-order valence-electron chi connectivity index (χ1n) is 6.73. The van der Waals surface area contributed by atoms with Gasteiger partial charge in [0.25, 0.3) is 0 Å². The molecule has 5 nitrogen and oxygen atoms in total. The second-order valence-electron chi connectivity index (χ2n) is 4.86. The van der Waals surface area contributed by atoms with Crippen molar-refractivity contribution in [3.63, 3.8) is 0 Å². The second kappa shape index (κ2) is 7.21. The number of nitrogens with zero attached hydrogens (tertiary/aromatic N) is 2. The van der Waals surface area contributed by atoms with Crippen LogP contribution in [0.2, 0.25) is 0 Å². The molecule has 1 aliphatic rings. The number of rotatable bonds is 5. The molecular formula is C14H20N2O3. The van der Waals surface area contributed by atoms with E-state index in [0.717, 1.165) is 13.1 Å². The van der Waals surface area contributed by atoms with Crippen molar-refractivity contribution in [2.24, 2.45) is 0 Å². The topological polar surface area (TPSA) is 62.7 Å². The number of ether oxygens (including phenoxy) is 1. The van der Waals surface area contributed by atoms with Crippen LogP contribution in [0, 0.1) is 0 Å². The fourth-order valence-electron chi connectivity index (χ4n) is 2.23. The maximum Gasteiger partial charge on any atom is 0.339 e. The Bertz CT molecular complexity index is 391. The Hall–Kier alpha value is -1.46. The van der Waals surface area contributed by atoms with E-state index in [1.165, 1.54) is 25.5 Å². The van der Waals surface area contributed by atoms with E-state index in [9.17, 15) is 9.90 Å². The van der Waals surface area contributed by atoms with Gasteiger partial charge in [0.1, 0.15) is 12.7 Å². The highest BCUT2D eigenvalue weighted by atomic mass is 16.5. The zero-order chi connectivity index (χ0) is 13.5. The third-order valence-electron chi connectivity index (χ3n) is 3.22. The van der Waals surface area contributed by atoms with Crippen LogP contribution in [0.15, 0.2) is 24.5 Å². The molecular weight excluding hydrogens is 244 g/mol. The number of β-amino-alcohol motifs (C(OH)–C–C–N with tert-alkyl or cyclic N) is 1. The van der Waals surface area contributed by atoms with E-state index in [-0.39, 0.29) is 6.61 Å². The molecule has 1 atom stereocenters. The standard InChI is InChI=1S/C14H20N2O3/c17-13(10-16-7-2-1-3-8-16)11-19-14(18)12-5-4-6-15-9-12/h4-6,9,13,17H,1-3,7-8,10-11H2. The first-order chi connectivity index (χ1) is 9.25. The summed E-state index contributed by atoms with van der Waals surface area (Å²) in [5, 5.41) is 9.86. The maximum absolute atomic E-state index is 11.7. The van der Waals surface area contributed by atoms with Crippen molar-refractivity contribution in [2.75, 3.05) is 26.2 Å². The highest BCUT2D eigenvalue weighted by Gasteiger charge is 2.16. The molecule has 0 spiro atoms. The number of aromatic nitrogens is 1. The van der Waals surface area contributed by atoms with Gasteiger partial charge in [0.05, 0.1) is 5.56 Å². The number of carbonyl (C=O) groups is 1. The summed E-state index contributed by atoms with van der Waals surface area (Å²) in [4.78, 5) is 17.7. The van der Waals surface area contributed by atoms with Crippen LogP contribution in [0.5, 0.6) is 0 Å². The van der Waals surface area contributed by atoms with E-state index < -0.39 is 12.1 Å². The van der Waals surface area contributed by atoms with Crippen LogP contribution in [0.1, 0.15) is 29.6 Å². The van der Waals surface area contributed by atoms with Gasteiger partial charge < -0.3 is 14.7 Å². The van der Waals surface area contributed by atoms with Gasteiger partial charge in [0.15, 0.2) is 0 Å². The molecule has 5 heteroatoms. The maximum atomic E-state index is 11.7. The molecule has 104 valence electrons. The van der Waals surface area contributed by atoms with Crippen molar-refractivity contribution in [1.82, 2.24) is 9.88 Å². The fraction of sp³-hybridized carbons (Fsp3) is 0.571. The van der Waals surface area contributed by atoms with Crippen LogP contribution in [0.3, 0.4) is 0 Å². The van der Waals surface area contributed by atoms with Gasteiger partial charge in [-0.05, 0) is 38.1 Å².